The third-order valence-electron chi connectivity index (χ3n) is 1.82. The fourth-order valence-electron chi connectivity index (χ4n) is 1.23. The number of hydrogen-bond donors (Lipinski definition) is 2. The summed E-state index contributed by atoms with van der Waals surface area (Å²) in [5, 5.41) is 21.2. The maximum atomic E-state index is 9.45. The van der Waals surface area contributed by atoms with Gasteiger partial charge < -0.3 is 10.2 Å². The van der Waals surface area contributed by atoms with Gasteiger partial charge in [0.1, 0.15) is 11.5 Å². The van der Waals surface area contributed by atoms with Crippen LogP contribution in [0.4, 0.5) is 0 Å². The average Bonchev–Trinajstić information content (AvgIpc) is 2.47. The molecule has 2 nitrogen and oxygen atoms in total. The minimum Gasteiger partial charge on any atom is -0.508 e. The van der Waals surface area contributed by atoms with Gasteiger partial charge in [0.15, 0.2) is 0 Å². The molecule has 13 heavy (non-hydrogen) atoms. The minimum atomic E-state index is 0.200. The van der Waals surface area contributed by atoms with Crippen LogP contribution in [0, 0.1) is 0 Å². The summed E-state index contributed by atoms with van der Waals surface area (Å²) >= 11 is 3.06. The molecule has 68 valence electrons. The molecule has 0 fully saturated rings. The van der Waals surface area contributed by atoms with Crippen molar-refractivity contribution in [3.8, 4) is 11.5 Å². The summed E-state index contributed by atoms with van der Waals surface area (Å²) in [6, 6.07) is 3.30. The first kappa shape index (κ1) is 8.72. The fourth-order valence-corrected chi connectivity index (χ4v) is 2.98. The van der Waals surface area contributed by atoms with Crippen LogP contribution in [0.1, 0.15) is 0 Å². The zero-order chi connectivity index (χ0) is 9.42. The van der Waals surface area contributed by atoms with E-state index < -0.39 is 0 Å². The van der Waals surface area contributed by atoms with Gasteiger partial charge in [-0.05, 0) is 18.4 Å². The van der Waals surface area contributed by atoms with Crippen molar-refractivity contribution in [1.29, 1.82) is 0 Å². The van der Waals surface area contributed by atoms with Gasteiger partial charge in [-0.15, -0.1) is 23.1 Å². The lowest BCUT2D eigenvalue weighted by molar-refractivity contribution is 0.471. The van der Waals surface area contributed by atoms with E-state index in [-0.39, 0.29) is 11.5 Å². The number of phenols is 1. The van der Waals surface area contributed by atoms with Crippen LogP contribution < -0.4 is 0 Å². The zero-order valence-electron chi connectivity index (χ0n) is 6.94. The standard InChI is InChI=1S/C9H8O2S2/c1-12-8-3-5(10)2-6-7(11)4-13-9(6)8/h2-4,10-11H,1H3. The maximum Gasteiger partial charge on any atom is 0.134 e. The summed E-state index contributed by atoms with van der Waals surface area (Å²) in [6.07, 6.45) is 1.95. The normalized spacial score (nSPS) is 10.8. The number of phenolic OH excluding ortho intramolecular Hbond substituents is 1. The highest BCUT2D eigenvalue weighted by atomic mass is 32.2. The maximum absolute atomic E-state index is 9.45. The molecule has 0 amide bonds. The second kappa shape index (κ2) is 3.12. The molecule has 0 radical (unpaired) electrons. The molecule has 2 rings (SSSR count). The number of aromatic hydroxyl groups is 2. The number of rotatable bonds is 1. The van der Waals surface area contributed by atoms with Crippen LogP contribution >= 0.6 is 23.1 Å². The van der Waals surface area contributed by atoms with Crippen LogP contribution in [0.15, 0.2) is 22.4 Å². The molecule has 0 aliphatic heterocycles. The average molecular weight is 212 g/mol. The van der Waals surface area contributed by atoms with Gasteiger partial charge in [-0.2, -0.15) is 0 Å². The molecular weight excluding hydrogens is 204 g/mol. The van der Waals surface area contributed by atoms with E-state index in [1.165, 1.54) is 11.3 Å². The summed E-state index contributed by atoms with van der Waals surface area (Å²) in [4.78, 5) is 1.00. The molecular formula is C9H8O2S2. The first-order valence-corrected chi connectivity index (χ1v) is 5.80. The molecule has 1 aromatic carbocycles. The van der Waals surface area contributed by atoms with E-state index in [1.807, 2.05) is 6.26 Å². The van der Waals surface area contributed by atoms with Crippen molar-refractivity contribution in [2.45, 2.75) is 4.90 Å². The Bertz CT molecular complexity index is 448. The number of benzene rings is 1. The molecule has 0 saturated heterocycles. The molecule has 2 aromatic rings. The van der Waals surface area contributed by atoms with Gasteiger partial charge in [0, 0.05) is 15.7 Å². The van der Waals surface area contributed by atoms with Crippen molar-refractivity contribution in [1.82, 2.24) is 0 Å². The third kappa shape index (κ3) is 1.36. The Hall–Kier alpha value is -0.870. The lowest BCUT2D eigenvalue weighted by Gasteiger charge is -1.99. The van der Waals surface area contributed by atoms with Gasteiger partial charge in [0.05, 0.1) is 4.70 Å². The van der Waals surface area contributed by atoms with Crippen molar-refractivity contribution in [2.24, 2.45) is 0 Å². The van der Waals surface area contributed by atoms with Crippen LogP contribution in [0.3, 0.4) is 0 Å². The van der Waals surface area contributed by atoms with E-state index in [1.54, 1.807) is 29.3 Å². The van der Waals surface area contributed by atoms with Crippen molar-refractivity contribution >= 4 is 33.2 Å². The Morgan fingerprint density at radius 2 is 2.08 bits per heavy atom. The largest absolute Gasteiger partial charge is 0.508 e. The second-order valence-corrected chi connectivity index (χ2v) is 4.37. The SMILES string of the molecule is CSc1cc(O)cc2c(O)csc12. The smallest absolute Gasteiger partial charge is 0.134 e. The molecule has 4 heteroatoms. The Morgan fingerprint density at radius 1 is 1.31 bits per heavy atom. The lowest BCUT2D eigenvalue weighted by Crippen LogP contribution is -1.71. The highest BCUT2D eigenvalue weighted by Crippen LogP contribution is 2.39. The van der Waals surface area contributed by atoms with Crippen molar-refractivity contribution < 1.29 is 10.2 Å². The van der Waals surface area contributed by atoms with E-state index in [0.717, 1.165) is 15.0 Å². The lowest BCUT2D eigenvalue weighted by atomic mass is 10.2. The van der Waals surface area contributed by atoms with Gasteiger partial charge in [0.2, 0.25) is 0 Å². The molecule has 0 saturated carbocycles. The number of hydrogen-bond acceptors (Lipinski definition) is 4. The van der Waals surface area contributed by atoms with Crippen LogP contribution in [0.2, 0.25) is 0 Å². The number of thiophene rings is 1. The molecule has 2 N–H and O–H groups in total. The van der Waals surface area contributed by atoms with E-state index in [0.29, 0.717) is 0 Å². The van der Waals surface area contributed by atoms with Crippen LogP contribution in [-0.2, 0) is 0 Å². The number of thioether (sulfide) groups is 1. The zero-order valence-corrected chi connectivity index (χ0v) is 8.58. The van der Waals surface area contributed by atoms with Gasteiger partial charge in [-0.1, -0.05) is 0 Å². The summed E-state index contributed by atoms with van der Waals surface area (Å²) in [5.41, 5.74) is 0. The Kier molecular flexibility index (Phi) is 2.09. The highest BCUT2D eigenvalue weighted by molar-refractivity contribution is 7.99. The molecule has 0 bridgehead atoms. The van der Waals surface area contributed by atoms with Gasteiger partial charge in [0.25, 0.3) is 0 Å². The van der Waals surface area contributed by atoms with E-state index in [4.69, 9.17) is 0 Å². The second-order valence-electron chi connectivity index (χ2n) is 2.65. The van der Waals surface area contributed by atoms with Gasteiger partial charge >= 0.3 is 0 Å². The molecule has 0 atom stereocenters. The Labute approximate surface area is 83.8 Å². The monoisotopic (exact) mass is 212 g/mol. The molecule has 0 unspecified atom stereocenters. The van der Waals surface area contributed by atoms with Crippen LogP contribution in [0.5, 0.6) is 11.5 Å². The van der Waals surface area contributed by atoms with E-state index >= 15 is 0 Å². The van der Waals surface area contributed by atoms with E-state index in [9.17, 15) is 10.2 Å². The quantitative estimate of drug-likeness (QED) is 0.714. The summed E-state index contributed by atoms with van der Waals surface area (Å²) in [6.45, 7) is 0. The Balaban J connectivity index is 2.84. The molecule has 0 spiro atoms. The van der Waals surface area contributed by atoms with Crippen molar-refractivity contribution in [2.75, 3.05) is 6.26 Å². The van der Waals surface area contributed by atoms with Crippen molar-refractivity contribution in [3.05, 3.63) is 17.5 Å². The molecule has 0 aliphatic carbocycles. The van der Waals surface area contributed by atoms with Gasteiger partial charge in [-0.25, -0.2) is 0 Å². The third-order valence-corrected chi connectivity index (χ3v) is 3.73. The van der Waals surface area contributed by atoms with Gasteiger partial charge in [-0.3, -0.25) is 0 Å². The molecule has 1 heterocycles. The first-order valence-electron chi connectivity index (χ1n) is 3.69. The molecule has 0 aliphatic rings. The van der Waals surface area contributed by atoms with E-state index in [2.05, 4.69) is 0 Å². The predicted molar refractivity (Wildman–Crippen MR) is 56.9 cm³/mol. The van der Waals surface area contributed by atoms with Crippen LogP contribution in [0.25, 0.3) is 10.1 Å². The highest BCUT2D eigenvalue weighted by Gasteiger charge is 2.08. The topological polar surface area (TPSA) is 40.5 Å². The summed E-state index contributed by atoms with van der Waals surface area (Å²) in [5.74, 6) is 0.441. The van der Waals surface area contributed by atoms with Crippen LogP contribution in [-0.4, -0.2) is 16.5 Å². The Morgan fingerprint density at radius 3 is 2.77 bits per heavy atom. The first-order chi connectivity index (χ1) is 6.22. The number of fused-ring (bicyclic) bond motifs is 1. The summed E-state index contributed by atoms with van der Waals surface area (Å²) < 4.78 is 1.03. The fraction of sp³-hybridized carbons (Fsp3) is 0.111. The minimum absolute atomic E-state index is 0.200. The summed E-state index contributed by atoms with van der Waals surface area (Å²) in [7, 11) is 0. The van der Waals surface area contributed by atoms with Crippen molar-refractivity contribution in [3.63, 3.8) is 0 Å². The molecule has 1 aromatic heterocycles. The predicted octanol–water partition coefficient (Wildman–Crippen LogP) is 3.03.